The molecule has 42 heavy (non-hydrogen) atoms. The molecule has 0 radical (unpaired) electrons. The minimum Gasteiger partial charge on any atom is -0.382 e. The van der Waals surface area contributed by atoms with Gasteiger partial charge in [0.25, 0.3) is 5.69 Å². The lowest BCUT2D eigenvalue weighted by Gasteiger charge is -2.42. The van der Waals surface area contributed by atoms with Gasteiger partial charge in [-0.2, -0.15) is 26.3 Å². The lowest BCUT2D eigenvalue weighted by Crippen LogP contribution is -2.49. The number of benzene rings is 2. The van der Waals surface area contributed by atoms with Crippen molar-refractivity contribution in [3.63, 3.8) is 0 Å². The van der Waals surface area contributed by atoms with E-state index in [0.717, 1.165) is 37.1 Å². The first-order valence-corrected chi connectivity index (χ1v) is 13.9. The highest BCUT2D eigenvalue weighted by molar-refractivity contribution is 5.82. The molecular formula is C29H34F6N4O3. The molecule has 1 amide bonds. The van der Waals surface area contributed by atoms with Crippen LogP contribution in [-0.4, -0.2) is 48.5 Å². The molecule has 1 heterocycles. The maximum absolute atomic E-state index is 13.4. The highest BCUT2D eigenvalue weighted by Crippen LogP contribution is 2.39. The summed E-state index contributed by atoms with van der Waals surface area (Å²) in [4.78, 5) is 27.1. The minimum atomic E-state index is -4.84. The van der Waals surface area contributed by atoms with E-state index in [1.807, 2.05) is 11.8 Å². The molecule has 0 atom stereocenters. The van der Waals surface area contributed by atoms with E-state index in [1.165, 1.54) is 18.2 Å². The molecule has 2 fully saturated rings. The van der Waals surface area contributed by atoms with Gasteiger partial charge in [0.2, 0.25) is 5.91 Å². The highest BCUT2D eigenvalue weighted by Gasteiger charge is 2.40. The molecule has 0 spiro atoms. The van der Waals surface area contributed by atoms with Gasteiger partial charge in [0.15, 0.2) is 0 Å². The predicted octanol–water partition coefficient (Wildman–Crippen LogP) is 7.37. The van der Waals surface area contributed by atoms with Crippen molar-refractivity contribution < 1.29 is 36.1 Å². The number of carbonyl (C=O) groups is 1. The average Bonchev–Trinajstić information content (AvgIpc) is 2.93. The Hall–Kier alpha value is -3.51. The van der Waals surface area contributed by atoms with Crippen molar-refractivity contribution in [1.82, 2.24) is 4.90 Å². The van der Waals surface area contributed by atoms with Gasteiger partial charge in [-0.15, -0.1) is 0 Å². The molecule has 1 N–H and O–H groups in total. The number of halogens is 6. The number of hydrogen-bond acceptors (Lipinski definition) is 5. The van der Waals surface area contributed by atoms with Gasteiger partial charge < -0.3 is 15.1 Å². The van der Waals surface area contributed by atoms with Crippen molar-refractivity contribution in [1.29, 1.82) is 0 Å². The standard InChI is InChI=1S/C29H34F6N4O3/c1-27(13-15-38(16-14-27)23-10-5-20(6-11-23)28(30,31)32)26(40)37(2)18-19-3-7-21(8-4-19)36-22-9-12-25(39(41)42)24(17-22)29(33,34)35/h5-6,9-12,17,19,21,36H,3-4,7-8,13-16,18H2,1-2H3. The molecule has 1 saturated carbocycles. The number of nitrogens with zero attached hydrogens (tertiary/aromatic N) is 3. The number of nitro benzene ring substituents is 1. The largest absolute Gasteiger partial charge is 0.423 e. The second-order valence-corrected chi connectivity index (χ2v) is 11.6. The quantitative estimate of drug-likeness (QED) is 0.204. The highest BCUT2D eigenvalue weighted by atomic mass is 19.4. The second-order valence-electron chi connectivity index (χ2n) is 11.6. The van der Waals surface area contributed by atoms with Gasteiger partial charge >= 0.3 is 12.4 Å². The van der Waals surface area contributed by atoms with Crippen molar-refractivity contribution >= 4 is 23.0 Å². The van der Waals surface area contributed by atoms with Gasteiger partial charge in [0.05, 0.1) is 10.5 Å². The Labute approximate surface area is 240 Å². The molecule has 0 bridgehead atoms. The fourth-order valence-corrected chi connectivity index (χ4v) is 6.00. The number of nitro groups is 1. The fraction of sp³-hybridized carbons (Fsp3) is 0.552. The lowest BCUT2D eigenvalue weighted by molar-refractivity contribution is -0.388. The fourth-order valence-electron chi connectivity index (χ4n) is 6.00. The van der Waals surface area contributed by atoms with Crippen LogP contribution < -0.4 is 10.2 Å². The molecule has 1 aliphatic carbocycles. The average molecular weight is 601 g/mol. The molecular weight excluding hydrogens is 566 g/mol. The van der Waals surface area contributed by atoms with E-state index in [9.17, 15) is 41.3 Å². The molecule has 13 heteroatoms. The van der Waals surface area contributed by atoms with Crippen LogP contribution in [0, 0.1) is 21.4 Å². The van der Waals surface area contributed by atoms with Crippen LogP contribution >= 0.6 is 0 Å². The summed E-state index contributed by atoms with van der Waals surface area (Å²) in [5.41, 5.74) is -2.67. The van der Waals surface area contributed by atoms with Crippen molar-refractivity contribution in [3.8, 4) is 0 Å². The Morgan fingerprint density at radius 2 is 1.60 bits per heavy atom. The summed E-state index contributed by atoms with van der Waals surface area (Å²) in [7, 11) is 1.77. The summed E-state index contributed by atoms with van der Waals surface area (Å²) in [5, 5.41) is 14.1. The number of carbonyl (C=O) groups excluding carboxylic acids is 1. The van der Waals surface area contributed by atoms with E-state index >= 15 is 0 Å². The summed E-state index contributed by atoms with van der Waals surface area (Å²) in [6.45, 7) is 3.59. The van der Waals surface area contributed by atoms with Crippen molar-refractivity contribution in [2.45, 2.75) is 63.8 Å². The van der Waals surface area contributed by atoms with Crippen molar-refractivity contribution in [2.75, 3.05) is 36.9 Å². The molecule has 1 saturated heterocycles. The molecule has 4 rings (SSSR count). The zero-order chi connectivity index (χ0) is 30.9. The van der Waals surface area contributed by atoms with E-state index < -0.39 is 39.5 Å². The Morgan fingerprint density at radius 1 is 1.00 bits per heavy atom. The number of piperidine rings is 1. The summed E-state index contributed by atoms with van der Waals surface area (Å²) in [6.07, 6.45) is -5.18. The van der Waals surface area contributed by atoms with Gasteiger partial charge in [-0.3, -0.25) is 14.9 Å². The third-order valence-electron chi connectivity index (χ3n) is 8.54. The van der Waals surface area contributed by atoms with E-state index in [4.69, 9.17) is 0 Å². The van der Waals surface area contributed by atoms with Crippen LogP contribution in [0.5, 0.6) is 0 Å². The van der Waals surface area contributed by atoms with Crippen molar-refractivity contribution in [3.05, 3.63) is 63.7 Å². The molecule has 2 aromatic rings. The lowest BCUT2D eigenvalue weighted by atomic mass is 9.78. The number of nitrogens with one attached hydrogen (secondary N) is 1. The topological polar surface area (TPSA) is 78.7 Å². The maximum Gasteiger partial charge on any atom is 0.423 e. The third kappa shape index (κ3) is 7.27. The van der Waals surface area contributed by atoms with Crippen LogP contribution in [0.15, 0.2) is 42.5 Å². The smallest absolute Gasteiger partial charge is 0.382 e. The zero-order valence-electron chi connectivity index (χ0n) is 23.4. The molecule has 2 aliphatic rings. The normalized spacial score (nSPS) is 21.1. The van der Waals surface area contributed by atoms with Gasteiger partial charge in [0, 0.05) is 55.6 Å². The first kappa shape index (κ1) is 31.4. The predicted molar refractivity (Wildman–Crippen MR) is 146 cm³/mol. The molecule has 7 nitrogen and oxygen atoms in total. The van der Waals surface area contributed by atoms with Gasteiger partial charge in [0.1, 0.15) is 5.56 Å². The number of anilines is 2. The van der Waals surface area contributed by atoms with Crippen LogP contribution in [0.3, 0.4) is 0 Å². The number of hydrogen-bond donors (Lipinski definition) is 1. The molecule has 0 unspecified atom stereocenters. The van der Waals surface area contributed by atoms with E-state index in [-0.39, 0.29) is 23.6 Å². The first-order valence-electron chi connectivity index (χ1n) is 13.9. The number of amides is 1. The Balaban J connectivity index is 1.26. The Kier molecular flexibility index (Phi) is 8.98. The zero-order valence-corrected chi connectivity index (χ0v) is 23.4. The third-order valence-corrected chi connectivity index (χ3v) is 8.54. The number of alkyl halides is 6. The van der Waals surface area contributed by atoms with Gasteiger partial charge in [-0.05, 0) is 80.8 Å². The summed E-state index contributed by atoms with van der Waals surface area (Å²) < 4.78 is 78.6. The van der Waals surface area contributed by atoms with E-state index in [1.54, 1.807) is 11.9 Å². The summed E-state index contributed by atoms with van der Waals surface area (Å²) in [5.74, 6) is 0.260. The first-order chi connectivity index (χ1) is 19.6. The van der Waals surface area contributed by atoms with Crippen LogP contribution in [0.4, 0.5) is 43.4 Å². The Morgan fingerprint density at radius 3 is 2.12 bits per heavy atom. The van der Waals surface area contributed by atoms with Crippen molar-refractivity contribution in [2.24, 2.45) is 11.3 Å². The maximum atomic E-state index is 13.4. The van der Waals surface area contributed by atoms with Crippen LogP contribution in [0.25, 0.3) is 0 Å². The molecule has 0 aromatic heterocycles. The van der Waals surface area contributed by atoms with Crippen LogP contribution in [-0.2, 0) is 17.1 Å². The monoisotopic (exact) mass is 600 g/mol. The van der Waals surface area contributed by atoms with Crippen LogP contribution in [0.1, 0.15) is 56.6 Å². The molecule has 2 aromatic carbocycles. The van der Waals surface area contributed by atoms with E-state index in [2.05, 4.69) is 5.32 Å². The van der Waals surface area contributed by atoms with Crippen LogP contribution in [0.2, 0.25) is 0 Å². The van der Waals surface area contributed by atoms with Gasteiger partial charge in [-0.1, -0.05) is 6.92 Å². The Bertz CT molecular complexity index is 1270. The SMILES string of the molecule is CN(CC1CCC(Nc2ccc([N+](=O)[O-])c(C(F)(F)F)c2)CC1)C(=O)C1(C)CCN(c2ccc(C(F)(F)F)cc2)CC1. The molecule has 1 aliphatic heterocycles. The molecule has 230 valence electrons. The summed E-state index contributed by atoms with van der Waals surface area (Å²) in [6, 6.07) is 7.90. The summed E-state index contributed by atoms with van der Waals surface area (Å²) >= 11 is 0. The van der Waals surface area contributed by atoms with E-state index in [0.29, 0.717) is 51.0 Å². The minimum absolute atomic E-state index is 0.0281. The van der Waals surface area contributed by atoms with Gasteiger partial charge in [-0.25, -0.2) is 0 Å². The number of rotatable bonds is 7. The second kappa shape index (κ2) is 12.0.